The quantitative estimate of drug-likeness (QED) is 0.455. The Bertz CT molecular complexity index is 54.5. The topological polar surface area (TPSA) is 32.3 Å². The molecule has 0 aliphatic heterocycles. The van der Waals surface area contributed by atoms with Gasteiger partial charge in [0, 0.05) is 0 Å². The maximum absolute atomic E-state index is 11.1. The van der Waals surface area contributed by atoms with Crippen LogP contribution in [0.15, 0.2) is 0 Å². The van der Waals surface area contributed by atoms with Crippen molar-refractivity contribution < 1.29 is 18.4 Å². The molecule has 0 aromatic carbocycles. The minimum atomic E-state index is -3.16. The minimum absolute atomic E-state index is 0. The van der Waals surface area contributed by atoms with E-state index in [1.165, 1.54) is 0 Å². The Kier molecular flexibility index (Phi) is 7.00. The lowest BCUT2D eigenvalue weighted by Crippen LogP contribution is -2.27. The molecule has 1 atom stereocenters. The summed E-state index contributed by atoms with van der Waals surface area (Å²) in [4.78, 5) is 0. The standard InChI is InChI=1S/C2H4F3NO.ClH/c3-1(4)2(5)6-7;/h1-2,6-7H;1H. The van der Waals surface area contributed by atoms with Gasteiger partial charge in [-0.25, -0.2) is 13.2 Å². The molecule has 2 nitrogen and oxygen atoms in total. The van der Waals surface area contributed by atoms with Crippen LogP contribution in [0.1, 0.15) is 0 Å². The maximum Gasteiger partial charge on any atom is 0.284 e. The molecule has 52 valence electrons. The third-order valence-electron chi connectivity index (χ3n) is 0.345. The molecule has 0 radical (unpaired) electrons. The molecule has 6 heteroatoms. The molecule has 0 fully saturated rings. The van der Waals surface area contributed by atoms with E-state index in [2.05, 4.69) is 0 Å². The Balaban J connectivity index is 0. The van der Waals surface area contributed by atoms with Gasteiger partial charge in [0.05, 0.1) is 0 Å². The largest absolute Gasteiger partial charge is 0.314 e. The number of hydrogen-bond donors (Lipinski definition) is 2. The number of alkyl halides is 3. The second-order valence-corrected chi connectivity index (χ2v) is 0.865. The molecule has 0 heterocycles. The van der Waals surface area contributed by atoms with Crippen LogP contribution in [-0.2, 0) is 0 Å². The first-order chi connectivity index (χ1) is 3.18. The predicted octanol–water partition coefficient (Wildman–Crippen LogP) is 0.948. The lowest BCUT2D eigenvalue weighted by Gasteiger charge is -2.00. The van der Waals surface area contributed by atoms with Gasteiger partial charge >= 0.3 is 0 Å². The van der Waals surface area contributed by atoms with E-state index in [0.717, 1.165) is 5.48 Å². The van der Waals surface area contributed by atoms with Crippen LogP contribution in [0.25, 0.3) is 0 Å². The molecule has 0 aliphatic carbocycles. The summed E-state index contributed by atoms with van der Waals surface area (Å²) in [5, 5.41) is 7.40. The van der Waals surface area contributed by atoms with E-state index in [-0.39, 0.29) is 12.4 Å². The van der Waals surface area contributed by atoms with Crippen molar-refractivity contribution in [3.63, 3.8) is 0 Å². The molecule has 2 N–H and O–H groups in total. The second kappa shape index (κ2) is 5.14. The highest BCUT2D eigenvalue weighted by molar-refractivity contribution is 5.85. The normalized spacial score (nSPS) is 13.1. The average Bonchev–Trinajstić information content (AvgIpc) is 1.65. The number of nitrogens with one attached hydrogen (secondary N) is 1. The molecule has 0 spiro atoms. The van der Waals surface area contributed by atoms with E-state index in [9.17, 15) is 13.2 Å². The fraction of sp³-hybridized carbons (Fsp3) is 1.00. The molecule has 0 aromatic heterocycles. The second-order valence-electron chi connectivity index (χ2n) is 0.865. The monoisotopic (exact) mass is 151 g/mol. The van der Waals surface area contributed by atoms with Gasteiger partial charge in [-0.15, -0.1) is 12.4 Å². The molecular weight excluding hydrogens is 146 g/mol. The number of hydroxylamine groups is 1. The van der Waals surface area contributed by atoms with Crippen molar-refractivity contribution >= 4 is 12.4 Å². The highest BCUT2D eigenvalue weighted by atomic mass is 35.5. The van der Waals surface area contributed by atoms with Crippen LogP contribution in [0.5, 0.6) is 0 Å². The molecule has 8 heavy (non-hydrogen) atoms. The fourth-order valence-electron chi connectivity index (χ4n) is 0.0563. The molecule has 0 saturated carbocycles. The summed E-state index contributed by atoms with van der Waals surface area (Å²) in [7, 11) is 0. The van der Waals surface area contributed by atoms with Crippen molar-refractivity contribution in [3.05, 3.63) is 0 Å². The van der Waals surface area contributed by atoms with E-state index >= 15 is 0 Å². The maximum atomic E-state index is 11.1. The third kappa shape index (κ3) is 4.17. The van der Waals surface area contributed by atoms with Gasteiger partial charge in [-0.2, -0.15) is 5.48 Å². The Morgan fingerprint density at radius 3 is 1.62 bits per heavy atom. The Labute approximate surface area is 50.1 Å². The summed E-state index contributed by atoms with van der Waals surface area (Å²) in [5.41, 5.74) is 0.748. The van der Waals surface area contributed by atoms with Crippen LogP contribution in [0.2, 0.25) is 0 Å². The summed E-state index contributed by atoms with van der Waals surface area (Å²) < 4.78 is 32.8. The first kappa shape index (κ1) is 10.9. The fourth-order valence-corrected chi connectivity index (χ4v) is 0.0563. The number of rotatable bonds is 2. The van der Waals surface area contributed by atoms with Gasteiger partial charge < -0.3 is 5.21 Å². The van der Waals surface area contributed by atoms with E-state index in [0.29, 0.717) is 0 Å². The Morgan fingerprint density at radius 2 is 1.62 bits per heavy atom. The van der Waals surface area contributed by atoms with Crippen LogP contribution in [0, 0.1) is 0 Å². The van der Waals surface area contributed by atoms with Crippen molar-refractivity contribution in [3.8, 4) is 0 Å². The zero-order valence-corrected chi connectivity index (χ0v) is 4.46. The molecule has 1 unspecified atom stereocenters. The lowest BCUT2D eigenvalue weighted by molar-refractivity contribution is -0.0423. The van der Waals surface area contributed by atoms with E-state index < -0.39 is 12.7 Å². The van der Waals surface area contributed by atoms with Crippen molar-refractivity contribution in [1.29, 1.82) is 0 Å². The smallest absolute Gasteiger partial charge is 0.284 e. The van der Waals surface area contributed by atoms with Crippen LogP contribution in [0.3, 0.4) is 0 Å². The molecule has 0 amide bonds. The van der Waals surface area contributed by atoms with Crippen molar-refractivity contribution in [1.82, 2.24) is 5.48 Å². The third-order valence-corrected chi connectivity index (χ3v) is 0.345. The zero-order chi connectivity index (χ0) is 5.86. The van der Waals surface area contributed by atoms with Gasteiger partial charge in [0.2, 0.25) is 6.30 Å². The summed E-state index contributed by atoms with van der Waals surface area (Å²) in [6.07, 6.45) is -5.79. The summed E-state index contributed by atoms with van der Waals surface area (Å²) >= 11 is 0. The van der Waals surface area contributed by atoms with Crippen molar-refractivity contribution in [2.45, 2.75) is 12.7 Å². The average molecular weight is 152 g/mol. The van der Waals surface area contributed by atoms with E-state index in [4.69, 9.17) is 5.21 Å². The number of halogens is 4. The van der Waals surface area contributed by atoms with E-state index in [1.54, 1.807) is 0 Å². The molecule has 0 bridgehead atoms. The molecule has 0 saturated heterocycles. The molecule has 0 rings (SSSR count). The van der Waals surface area contributed by atoms with Crippen LogP contribution < -0.4 is 5.48 Å². The highest BCUT2D eigenvalue weighted by Crippen LogP contribution is 1.99. The highest BCUT2D eigenvalue weighted by Gasteiger charge is 2.16. The van der Waals surface area contributed by atoms with Crippen LogP contribution in [-0.4, -0.2) is 17.9 Å². The van der Waals surface area contributed by atoms with Gasteiger partial charge in [-0.3, -0.25) is 0 Å². The SMILES string of the molecule is Cl.ONC(F)C(F)F. The Hall–Kier alpha value is -0.0000000000000000555. The summed E-state index contributed by atoms with van der Waals surface area (Å²) in [5.74, 6) is 0. The first-order valence-electron chi connectivity index (χ1n) is 1.50. The zero-order valence-electron chi connectivity index (χ0n) is 3.64. The van der Waals surface area contributed by atoms with Crippen molar-refractivity contribution in [2.75, 3.05) is 0 Å². The van der Waals surface area contributed by atoms with Crippen molar-refractivity contribution in [2.24, 2.45) is 0 Å². The van der Waals surface area contributed by atoms with Gasteiger partial charge in [0.15, 0.2) is 0 Å². The lowest BCUT2D eigenvalue weighted by atomic mass is 10.7. The summed E-state index contributed by atoms with van der Waals surface area (Å²) in [6.45, 7) is 0. The molecule has 0 aromatic rings. The molecule has 0 aliphatic rings. The Morgan fingerprint density at radius 1 is 1.25 bits per heavy atom. The molecular formula is C2H5ClF3NO. The predicted molar refractivity (Wildman–Crippen MR) is 23.1 cm³/mol. The van der Waals surface area contributed by atoms with Gasteiger partial charge in [-0.1, -0.05) is 0 Å². The van der Waals surface area contributed by atoms with Crippen LogP contribution >= 0.6 is 12.4 Å². The van der Waals surface area contributed by atoms with Gasteiger partial charge in [-0.05, 0) is 0 Å². The van der Waals surface area contributed by atoms with Gasteiger partial charge in [0.1, 0.15) is 0 Å². The number of hydrogen-bond acceptors (Lipinski definition) is 2. The minimum Gasteiger partial charge on any atom is -0.314 e. The summed E-state index contributed by atoms with van der Waals surface area (Å²) in [6, 6.07) is 0. The van der Waals surface area contributed by atoms with E-state index in [1.807, 2.05) is 0 Å². The first-order valence-corrected chi connectivity index (χ1v) is 1.50. The van der Waals surface area contributed by atoms with Crippen LogP contribution in [0.4, 0.5) is 13.2 Å². The van der Waals surface area contributed by atoms with Gasteiger partial charge in [0.25, 0.3) is 6.43 Å².